The SMILES string of the molecule is CC/C=C\C/C=C\C/C=C\CCCCCC(=O)OC(COC(=O)CCCCCCCCCCCCC/C=C\C/C=C\CCCCCCC)COP(=O)(O)OC. The van der Waals surface area contributed by atoms with Crippen molar-refractivity contribution in [3.05, 3.63) is 60.8 Å². The number of ether oxygens (including phenoxy) is 2. The van der Waals surface area contributed by atoms with Crippen molar-refractivity contribution in [1.29, 1.82) is 0 Å². The van der Waals surface area contributed by atoms with Gasteiger partial charge in [0.1, 0.15) is 6.61 Å². The van der Waals surface area contributed by atoms with Crippen LogP contribution in [0.25, 0.3) is 0 Å². The van der Waals surface area contributed by atoms with Crippen molar-refractivity contribution >= 4 is 19.8 Å². The van der Waals surface area contributed by atoms with Crippen LogP contribution in [0.1, 0.15) is 194 Å². The molecule has 55 heavy (non-hydrogen) atoms. The van der Waals surface area contributed by atoms with E-state index in [-0.39, 0.29) is 25.4 Å². The summed E-state index contributed by atoms with van der Waals surface area (Å²) in [6.07, 6.45) is 51.4. The van der Waals surface area contributed by atoms with Gasteiger partial charge in [-0.2, -0.15) is 0 Å². The van der Waals surface area contributed by atoms with E-state index in [1.165, 1.54) is 96.3 Å². The van der Waals surface area contributed by atoms with Crippen molar-refractivity contribution in [1.82, 2.24) is 0 Å². The van der Waals surface area contributed by atoms with Crippen LogP contribution in [0.2, 0.25) is 0 Å². The molecular weight excluding hydrogens is 711 g/mol. The second-order valence-corrected chi connectivity index (χ2v) is 16.0. The molecule has 0 spiro atoms. The average molecular weight is 793 g/mol. The second kappa shape index (κ2) is 41.4. The highest BCUT2D eigenvalue weighted by molar-refractivity contribution is 7.47. The average Bonchev–Trinajstić information content (AvgIpc) is 3.18. The number of rotatable bonds is 40. The second-order valence-electron chi connectivity index (χ2n) is 14.4. The molecule has 2 atom stereocenters. The highest BCUT2D eigenvalue weighted by Gasteiger charge is 2.24. The Morgan fingerprint density at radius 1 is 0.527 bits per heavy atom. The number of esters is 2. The van der Waals surface area contributed by atoms with Gasteiger partial charge >= 0.3 is 19.8 Å². The predicted octanol–water partition coefficient (Wildman–Crippen LogP) is 13.9. The van der Waals surface area contributed by atoms with E-state index in [1.807, 2.05) is 0 Å². The van der Waals surface area contributed by atoms with Crippen molar-refractivity contribution in [2.24, 2.45) is 0 Å². The summed E-state index contributed by atoms with van der Waals surface area (Å²) >= 11 is 0. The first kappa shape index (κ1) is 52.8. The number of hydrogen-bond acceptors (Lipinski definition) is 7. The van der Waals surface area contributed by atoms with Gasteiger partial charge in [-0.25, -0.2) is 4.57 Å². The molecule has 0 aromatic rings. The summed E-state index contributed by atoms with van der Waals surface area (Å²) < 4.78 is 31.9. The van der Waals surface area contributed by atoms with E-state index in [1.54, 1.807) is 0 Å². The van der Waals surface area contributed by atoms with Crippen molar-refractivity contribution in [3.8, 4) is 0 Å². The molecule has 0 heterocycles. The van der Waals surface area contributed by atoms with E-state index < -0.39 is 26.5 Å². The minimum absolute atomic E-state index is 0.207. The highest BCUT2D eigenvalue weighted by atomic mass is 31.2. The summed E-state index contributed by atoms with van der Waals surface area (Å²) in [6.45, 7) is 3.74. The Balaban J connectivity index is 3.96. The quantitative estimate of drug-likeness (QED) is 0.0283. The minimum atomic E-state index is -4.27. The molecule has 0 fully saturated rings. The molecule has 0 saturated carbocycles. The lowest BCUT2D eigenvalue weighted by molar-refractivity contribution is -0.161. The van der Waals surface area contributed by atoms with Gasteiger partial charge in [-0.15, -0.1) is 0 Å². The Kier molecular flexibility index (Phi) is 39.7. The van der Waals surface area contributed by atoms with Crippen molar-refractivity contribution in [2.45, 2.75) is 200 Å². The lowest BCUT2D eigenvalue weighted by Crippen LogP contribution is -2.29. The molecule has 0 aliphatic carbocycles. The lowest BCUT2D eigenvalue weighted by atomic mass is 10.0. The van der Waals surface area contributed by atoms with Crippen LogP contribution in [-0.4, -0.2) is 43.3 Å². The number of phosphoric acid groups is 1. The zero-order valence-electron chi connectivity index (χ0n) is 35.3. The summed E-state index contributed by atoms with van der Waals surface area (Å²) in [7, 11) is -3.22. The van der Waals surface area contributed by atoms with Crippen LogP contribution >= 0.6 is 7.82 Å². The van der Waals surface area contributed by atoms with Crippen LogP contribution in [0, 0.1) is 0 Å². The molecule has 0 aromatic carbocycles. The molecule has 1 N–H and O–H groups in total. The Morgan fingerprint density at radius 3 is 1.40 bits per heavy atom. The molecule has 2 unspecified atom stereocenters. The molecule has 0 rings (SSSR count). The first-order valence-corrected chi connectivity index (χ1v) is 23.5. The molecule has 0 aliphatic rings. The van der Waals surface area contributed by atoms with E-state index in [0.717, 1.165) is 71.3 Å². The summed E-state index contributed by atoms with van der Waals surface area (Å²) in [6, 6.07) is 0. The number of carbonyl (C=O) groups excluding carboxylic acids is 2. The van der Waals surface area contributed by atoms with E-state index in [2.05, 4.69) is 79.1 Å². The van der Waals surface area contributed by atoms with Crippen LogP contribution in [0.5, 0.6) is 0 Å². The zero-order chi connectivity index (χ0) is 40.3. The topological polar surface area (TPSA) is 108 Å². The minimum Gasteiger partial charge on any atom is -0.462 e. The monoisotopic (exact) mass is 793 g/mol. The molecule has 8 nitrogen and oxygen atoms in total. The number of allylic oxidation sites excluding steroid dienone is 10. The predicted molar refractivity (Wildman–Crippen MR) is 230 cm³/mol. The van der Waals surface area contributed by atoms with Gasteiger partial charge in [-0.3, -0.25) is 18.6 Å². The van der Waals surface area contributed by atoms with Crippen molar-refractivity contribution < 1.29 is 37.6 Å². The smallest absolute Gasteiger partial charge is 0.462 e. The number of unbranched alkanes of at least 4 members (excludes halogenated alkanes) is 19. The molecule has 9 heteroatoms. The largest absolute Gasteiger partial charge is 0.472 e. The fraction of sp³-hybridized carbons (Fsp3) is 0.739. The van der Waals surface area contributed by atoms with Gasteiger partial charge in [-0.05, 0) is 77.0 Å². The fourth-order valence-corrected chi connectivity index (χ4v) is 6.34. The van der Waals surface area contributed by atoms with Crippen LogP contribution in [0.3, 0.4) is 0 Å². The maximum absolute atomic E-state index is 12.5. The van der Waals surface area contributed by atoms with Gasteiger partial charge in [0.25, 0.3) is 0 Å². The first-order chi connectivity index (χ1) is 26.8. The van der Waals surface area contributed by atoms with E-state index in [0.29, 0.717) is 6.42 Å². The number of carbonyl (C=O) groups is 2. The zero-order valence-corrected chi connectivity index (χ0v) is 36.2. The van der Waals surface area contributed by atoms with E-state index in [9.17, 15) is 19.0 Å². The van der Waals surface area contributed by atoms with Crippen LogP contribution in [0.15, 0.2) is 60.8 Å². The summed E-state index contributed by atoms with van der Waals surface area (Å²) in [5.74, 6) is -0.842. The molecule has 0 radical (unpaired) electrons. The lowest BCUT2D eigenvalue weighted by Gasteiger charge is -2.19. The molecule has 0 aromatic heterocycles. The Morgan fingerprint density at radius 2 is 0.927 bits per heavy atom. The molecular formula is C46H81O8P. The van der Waals surface area contributed by atoms with Gasteiger partial charge in [0.2, 0.25) is 0 Å². The maximum Gasteiger partial charge on any atom is 0.472 e. The van der Waals surface area contributed by atoms with Crippen molar-refractivity contribution in [2.75, 3.05) is 20.3 Å². The summed E-state index contributed by atoms with van der Waals surface area (Å²) in [4.78, 5) is 34.4. The third kappa shape index (κ3) is 41.2. The molecule has 0 saturated heterocycles. The van der Waals surface area contributed by atoms with Crippen molar-refractivity contribution in [3.63, 3.8) is 0 Å². The first-order valence-electron chi connectivity index (χ1n) is 22.0. The normalized spacial score (nSPS) is 13.9. The van der Waals surface area contributed by atoms with Gasteiger partial charge in [0.15, 0.2) is 6.10 Å². The summed E-state index contributed by atoms with van der Waals surface area (Å²) in [5.41, 5.74) is 0. The Labute approximate surface area is 337 Å². The van der Waals surface area contributed by atoms with Gasteiger partial charge in [0.05, 0.1) is 6.61 Å². The summed E-state index contributed by atoms with van der Waals surface area (Å²) in [5, 5.41) is 0. The Hall–Kier alpha value is -2.25. The highest BCUT2D eigenvalue weighted by Crippen LogP contribution is 2.42. The third-order valence-corrected chi connectivity index (χ3v) is 10.2. The standard InChI is InChI=1S/C46H81O8P/c1-4-6-8-10-12-14-16-18-19-20-21-22-23-24-25-26-27-29-30-32-34-36-38-40-45(47)52-42-44(43-53-55(49,50)51-3)54-46(48)41-39-37-35-33-31-28-17-15-13-11-9-7-5-2/h7,9,13,15-16,18,20-21,28,31,44H,4-6,8,10-12,14,17,19,22-27,29-30,32-43H2,1-3H3,(H,49,50)/b9-7-,15-13-,18-16-,21-20-,31-28-. The number of hydrogen-bond donors (Lipinski definition) is 1. The number of phosphoric ester groups is 1. The molecule has 0 amide bonds. The van der Waals surface area contributed by atoms with Crippen LogP contribution in [0.4, 0.5) is 0 Å². The fourth-order valence-electron chi connectivity index (χ4n) is 5.88. The maximum atomic E-state index is 12.5. The van der Waals surface area contributed by atoms with E-state index in [4.69, 9.17) is 14.0 Å². The molecule has 318 valence electrons. The van der Waals surface area contributed by atoms with Crippen LogP contribution < -0.4 is 0 Å². The van der Waals surface area contributed by atoms with Crippen LogP contribution in [-0.2, 0) is 32.7 Å². The van der Waals surface area contributed by atoms with E-state index >= 15 is 0 Å². The van der Waals surface area contributed by atoms with Gasteiger partial charge in [0, 0.05) is 20.0 Å². The van der Waals surface area contributed by atoms with Gasteiger partial charge in [-0.1, -0.05) is 164 Å². The Bertz CT molecular complexity index is 1080. The third-order valence-electron chi connectivity index (χ3n) is 9.25. The molecule has 0 bridgehead atoms. The van der Waals surface area contributed by atoms with Gasteiger partial charge < -0.3 is 14.4 Å². The molecule has 0 aliphatic heterocycles.